The van der Waals surface area contributed by atoms with Gasteiger partial charge in [0, 0.05) is 14.0 Å². The molecule has 0 atom stereocenters. The molecule has 0 spiro atoms. The molecule has 0 heterocycles. The molecular formula is C18H23BO2. The smallest absolute Gasteiger partial charge is 0.126 e. The predicted molar refractivity (Wildman–Crippen MR) is 90.8 cm³/mol. The van der Waals surface area contributed by atoms with Gasteiger partial charge in [-0.15, -0.1) is 0 Å². The van der Waals surface area contributed by atoms with E-state index in [4.69, 9.17) is 9.47 Å². The van der Waals surface area contributed by atoms with Gasteiger partial charge in [0.15, 0.2) is 0 Å². The Kier molecular flexibility index (Phi) is 5.48. The molecule has 2 rings (SSSR count). The second kappa shape index (κ2) is 6.71. The van der Waals surface area contributed by atoms with Crippen LogP contribution in [0.15, 0.2) is 42.5 Å². The van der Waals surface area contributed by atoms with Crippen LogP contribution >= 0.6 is 0 Å². The average Bonchev–Trinajstić information content (AvgIpc) is 2.45. The van der Waals surface area contributed by atoms with Gasteiger partial charge in [-0.3, -0.25) is 0 Å². The van der Waals surface area contributed by atoms with Gasteiger partial charge in [0.25, 0.3) is 0 Å². The van der Waals surface area contributed by atoms with E-state index in [9.17, 15) is 0 Å². The summed E-state index contributed by atoms with van der Waals surface area (Å²) < 4.78 is 10.8. The fourth-order valence-electron chi connectivity index (χ4n) is 2.19. The van der Waals surface area contributed by atoms with Crippen LogP contribution in [-0.4, -0.2) is 22.6 Å². The Morgan fingerprint density at radius 3 is 2.14 bits per heavy atom. The maximum absolute atomic E-state index is 5.50. The van der Waals surface area contributed by atoms with Crippen molar-refractivity contribution >= 4 is 8.41 Å². The largest absolute Gasteiger partial charge is 0.497 e. The third-order valence-electron chi connectivity index (χ3n) is 3.45. The highest BCUT2D eigenvalue weighted by molar-refractivity contribution is 5.75. The molecule has 0 aliphatic rings. The molecule has 0 unspecified atom stereocenters. The maximum atomic E-state index is 5.50. The van der Waals surface area contributed by atoms with Crippen molar-refractivity contribution in [2.45, 2.75) is 26.2 Å². The SMILES string of the molecule is COc1cccc(-c2cc(C(C)(C)C)ccc2OC)c1.[BH]. The summed E-state index contributed by atoms with van der Waals surface area (Å²) in [7, 11) is 3.39. The second-order valence-corrected chi connectivity index (χ2v) is 5.90. The lowest BCUT2D eigenvalue weighted by Crippen LogP contribution is -2.11. The van der Waals surface area contributed by atoms with Gasteiger partial charge in [-0.2, -0.15) is 0 Å². The van der Waals surface area contributed by atoms with E-state index >= 15 is 0 Å². The summed E-state index contributed by atoms with van der Waals surface area (Å²) in [6, 6.07) is 14.4. The third-order valence-corrected chi connectivity index (χ3v) is 3.45. The van der Waals surface area contributed by atoms with Gasteiger partial charge in [-0.1, -0.05) is 39.0 Å². The molecule has 0 N–H and O–H groups in total. The van der Waals surface area contributed by atoms with E-state index in [1.165, 1.54) is 5.56 Å². The van der Waals surface area contributed by atoms with Crippen molar-refractivity contribution in [1.29, 1.82) is 0 Å². The first-order chi connectivity index (χ1) is 9.45. The van der Waals surface area contributed by atoms with Gasteiger partial charge in [-0.05, 0) is 40.8 Å². The summed E-state index contributed by atoms with van der Waals surface area (Å²) in [6.07, 6.45) is 0. The fourth-order valence-corrected chi connectivity index (χ4v) is 2.19. The minimum Gasteiger partial charge on any atom is -0.497 e. The molecule has 110 valence electrons. The molecule has 0 amide bonds. The highest BCUT2D eigenvalue weighted by atomic mass is 16.5. The molecule has 3 heteroatoms. The maximum Gasteiger partial charge on any atom is 0.126 e. The summed E-state index contributed by atoms with van der Waals surface area (Å²) in [6.45, 7) is 6.64. The first kappa shape index (κ1) is 17.2. The quantitative estimate of drug-likeness (QED) is 0.792. The number of hydrogen-bond acceptors (Lipinski definition) is 2. The number of benzene rings is 2. The zero-order valence-corrected chi connectivity index (χ0v) is 13.6. The zero-order valence-electron chi connectivity index (χ0n) is 13.6. The summed E-state index contributed by atoms with van der Waals surface area (Å²) in [5.74, 6) is 1.73. The molecule has 2 radical (unpaired) electrons. The van der Waals surface area contributed by atoms with Crippen LogP contribution in [0.1, 0.15) is 26.3 Å². The van der Waals surface area contributed by atoms with Gasteiger partial charge in [-0.25, -0.2) is 0 Å². The van der Waals surface area contributed by atoms with E-state index in [0.29, 0.717) is 0 Å². The van der Waals surface area contributed by atoms with Crippen LogP contribution in [0.4, 0.5) is 0 Å². The van der Waals surface area contributed by atoms with Crippen molar-refractivity contribution in [3.05, 3.63) is 48.0 Å². The first-order valence-corrected chi connectivity index (χ1v) is 6.78. The molecule has 0 aliphatic heterocycles. The first-order valence-electron chi connectivity index (χ1n) is 6.78. The zero-order chi connectivity index (χ0) is 14.8. The fraction of sp³-hybridized carbons (Fsp3) is 0.333. The van der Waals surface area contributed by atoms with Crippen LogP contribution in [0.5, 0.6) is 11.5 Å². The van der Waals surface area contributed by atoms with E-state index in [2.05, 4.69) is 39.0 Å². The molecule has 2 aromatic carbocycles. The van der Waals surface area contributed by atoms with E-state index in [0.717, 1.165) is 22.6 Å². The highest BCUT2D eigenvalue weighted by Crippen LogP contribution is 2.35. The van der Waals surface area contributed by atoms with Gasteiger partial charge in [0.2, 0.25) is 0 Å². The Morgan fingerprint density at radius 1 is 0.857 bits per heavy atom. The van der Waals surface area contributed by atoms with Crippen molar-refractivity contribution in [3.63, 3.8) is 0 Å². The molecule has 21 heavy (non-hydrogen) atoms. The third kappa shape index (κ3) is 3.81. The lowest BCUT2D eigenvalue weighted by atomic mass is 9.85. The summed E-state index contributed by atoms with van der Waals surface area (Å²) in [4.78, 5) is 0. The Morgan fingerprint density at radius 2 is 1.57 bits per heavy atom. The molecular weight excluding hydrogens is 259 g/mol. The second-order valence-electron chi connectivity index (χ2n) is 5.90. The summed E-state index contributed by atoms with van der Waals surface area (Å²) in [5, 5.41) is 0. The van der Waals surface area contributed by atoms with Gasteiger partial charge in [0.1, 0.15) is 11.5 Å². The van der Waals surface area contributed by atoms with Crippen LogP contribution < -0.4 is 9.47 Å². The highest BCUT2D eigenvalue weighted by Gasteiger charge is 2.16. The number of hydrogen-bond donors (Lipinski definition) is 0. The van der Waals surface area contributed by atoms with Gasteiger partial charge in [0.05, 0.1) is 14.2 Å². The summed E-state index contributed by atoms with van der Waals surface area (Å²) >= 11 is 0. The lowest BCUT2D eigenvalue weighted by Gasteiger charge is -2.21. The normalized spacial score (nSPS) is 10.7. The Bertz CT molecular complexity index is 600. The molecule has 2 nitrogen and oxygen atoms in total. The molecule has 0 aliphatic carbocycles. The van der Waals surface area contributed by atoms with Crippen molar-refractivity contribution in [3.8, 4) is 22.6 Å². The van der Waals surface area contributed by atoms with Crippen LogP contribution in [0.25, 0.3) is 11.1 Å². The van der Waals surface area contributed by atoms with Gasteiger partial charge >= 0.3 is 0 Å². The Labute approximate surface area is 129 Å². The van der Waals surface area contributed by atoms with Crippen LogP contribution in [-0.2, 0) is 5.41 Å². The minimum absolute atomic E-state index is 0. The Balaban J connectivity index is 0.00000220. The molecule has 0 fully saturated rings. The molecule has 2 aromatic rings. The van der Waals surface area contributed by atoms with Crippen molar-refractivity contribution in [2.24, 2.45) is 0 Å². The van der Waals surface area contributed by atoms with E-state index < -0.39 is 0 Å². The number of rotatable bonds is 3. The van der Waals surface area contributed by atoms with E-state index in [1.54, 1.807) is 14.2 Å². The molecule has 0 saturated carbocycles. The van der Waals surface area contributed by atoms with E-state index in [-0.39, 0.29) is 13.8 Å². The van der Waals surface area contributed by atoms with Crippen LogP contribution in [0, 0.1) is 0 Å². The average molecular weight is 282 g/mol. The Hall–Kier alpha value is -1.90. The van der Waals surface area contributed by atoms with E-state index in [1.807, 2.05) is 24.3 Å². The van der Waals surface area contributed by atoms with Crippen molar-refractivity contribution in [1.82, 2.24) is 0 Å². The predicted octanol–water partition coefficient (Wildman–Crippen LogP) is 4.02. The van der Waals surface area contributed by atoms with Crippen molar-refractivity contribution in [2.75, 3.05) is 14.2 Å². The molecule has 0 bridgehead atoms. The topological polar surface area (TPSA) is 18.5 Å². The van der Waals surface area contributed by atoms with Crippen LogP contribution in [0.2, 0.25) is 0 Å². The summed E-state index contributed by atoms with van der Waals surface area (Å²) in [5.41, 5.74) is 3.60. The monoisotopic (exact) mass is 282 g/mol. The molecule has 0 saturated heterocycles. The van der Waals surface area contributed by atoms with Gasteiger partial charge < -0.3 is 9.47 Å². The van der Waals surface area contributed by atoms with Crippen molar-refractivity contribution < 1.29 is 9.47 Å². The number of methoxy groups -OCH3 is 2. The number of ether oxygens (including phenoxy) is 2. The standard InChI is InChI=1S/C18H22O2.BH/c1-18(2,3)14-9-10-17(20-5)16(12-14)13-7-6-8-15(11-13)19-4;/h6-12H,1-5H3;1H. The molecule has 0 aromatic heterocycles. The lowest BCUT2D eigenvalue weighted by molar-refractivity contribution is 0.413. The van der Waals surface area contributed by atoms with Crippen LogP contribution in [0.3, 0.4) is 0 Å². The minimum atomic E-state index is 0.